The fourth-order valence-electron chi connectivity index (χ4n) is 5.35. The highest BCUT2D eigenvalue weighted by atomic mass is 32.1. The fourth-order valence-corrected chi connectivity index (χ4v) is 6.88. The van der Waals surface area contributed by atoms with Crippen LogP contribution in [0, 0.1) is 0 Å². The Labute approximate surface area is 224 Å². The molecule has 0 bridgehead atoms. The van der Waals surface area contributed by atoms with Gasteiger partial charge in [0.2, 0.25) is 0 Å². The average molecular weight is 530 g/mol. The minimum absolute atomic E-state index is 0.0619. The van der Waals surface area contributed by atoms with E-state index in [1.54, 1.807) is 41.9 Å². The number of aliphatic hydroxyl groups is 1. The van der Waals surface area contributed by atoms with Gasteiger partial charge in [-0.1, -0.05) is 12.1 Å². The van der Waals surface area contributed by atoms with Gasteiger partial charge < -0.3 is 25.0 Å². The molecule has 2 aliphatic heterocycles. The maximum absolute atomic E-state index is 11.1. The van der Waals surface area contributed by atoms with Crippen LogP contribution in [0.4, 0.5) is 5.69 Å². The van der Waals surface area contributed by atoms with Gasteiger partial charge in [-0.25, -0.2) is 0 Å². The minimum Gasteiger partial charge on any atom is -0.504 e. The molecular formula is C30H27NO4S2. The predicted octanol–water partition coefficient (Wildman–Crippen LogP) is 7.77. The Morgan fingerprint density at radius 2 is 1.89 bits per heavy atom. The summed E-state index contributed by atoms with van der Waals surface area (Å²) >= 11 is 3.13. The molecule has 0 saturated carbocycles. The highest BCUT2D eigenvalue weighted by Gasteiger charge is 2.33. The van der Waals surface area contributed by atoms with E-state index in [0.717, 1.165) is 49.5 Å². The lowest BCUT2D eigenvalue weighted by Crippen LogP contribution is -2.32. The van der Waals surface area contributed by atoms with E-state index in [4.69, 9.17) is 9.47 Å². The van der Waals surface area contributed by atoms with Gasteiger partial charge in [-0.05, 0) is 84.5 Å². The molecular weight excluding hydrogens is 502 g/mol. The number of rotatable bonds is 4. The SMILES string of the molecule is COc1c(O)ccc2c1-c1ccc3c(c1/C(=C/c1sccc1C(O)c1ccsc1)O2)C(C)=CC(C)(C)N3. The first-order valence-electron chi connectivity index (χ1n) is 12.0. The molecule has 0 fully saturated rings. The number of hydrogen-bond acceptors (Lipinski definition) is 7. The number of aliphatic hydroxyl groups excluding tert-OH is 1. The highest BCUT2D eigenvalue weighted by molar-refractivity contribution is 7.11. The largest absolute Gasteiger partial charge is 0.504 e. The van der Waals surface area contributed by atoms with Crippen LogP contribution in [0.25, 0.3) is 28.5 Å². The van der Waals surface area contributed by atoms with Crippen molar-refractivity contribution in [2.45, 2.75) is 32.4 Å². The number of hydrogen-bond donors (Lipinski definition) is 3. The second kappa shape index (κ2) is 8.80. The summed E-state index contributed by atoms with van der Waals surface area (Å²) in [6.07, 6.45) is 3.52. The van der Waals surface area contributed by atoms with E-state index < -0.39 is 6.10 Å². The Morgan fingerprint density at radius 1 is 1.05 bits per heavy atom. The van der Waals surface area contributed by atoms with Gasteiger partial charge in [0.15, 0.2) is 11.5 Å². The summed E-state index contributed by atoms with van der Waals surface area (Å²) in [4.78, 5) is 0.928. The summed E-state index contributed by atoms with van der Waals surface area (Å²) in [5, 5.41) is 31.2. The van der Waals surface area contributed by atoms with Crippen molar-refractivity contribution in [1.82, 2.24) is 0 Å². The number of ether oxygens (including phenoxy) is 2. The quantitative estimate of drug-likeness (QED) is 0.252. The molecule has 0 aliphatic carbocycles. The molecule has 0 saturated heterocycles. The van der Waals surface area contributed by atoms with Gasteiger partial charge in [0, 0.05) is 32.8 Å². The van der Waals surface area contributed by atoms with Crippen LogP contribution in [0.15, 0.2) is 58.6 Å². The van der Waals surface area contributed by atoms with Gasteiger partial charge in [0.05, 0.1) is 18.2 Å². The zero-order valence-corrected chi connectivity index (χ0v) is 22.6. The number of fused-ring (bicyclic) bond motifs is 5. The minimum atomic E-state index is -0.717. The van der Waals surface area contributed by atoms with Crippen molar-refractivity contribution < 1.29 is 19.7 Å². The van der Waals surface area contributed by atoms with Crippen molar-refractivity contribution in [3.05, 3.63) is 85.7 Å². The molecule has 37 heavy (non-hydrogen) atoms. The number of phenols is 1. The van der Waals surface area contributed by atoms with E-state index in [0.29, 0.717) is 17.3 Å². The lowest BCUT2D eigenvalue weighted by atomic mass is 9.83. The zero-order chi connectivity index (χ0) is 25.9. The highest BCUT2D eigenvalue weighted by Crippen LogP contribution is 2.54. The summed E-state index contributed by atoms with van der Waals surface area (Å²) < 4.78 is 12.2. The summed E-state index contributed by atoms with van der Waals surface area (Å²) in [7, 11) is 1.55. The molecule has 2 aliphatic rings. The number of thiophene rings is 2. The number of nitrogens with one attached hydrogen (secondary N) is 1. The summed E-state index contributed by atoms with van der Waals surface area (Å²) in [6, 6.07) is 11.4. The maximum atomic E-state index is 11.1. The smallest absolute Gasteiger partial charge is 0.172 e. The molecule has 188 valence electrons. The van der Waals surface area contributed by atoms with Crippen LogP contribution in [0.5, 0.6) is 17.2 Å². The molecule has 2 aromatic carbocycles. The van der Waals surface area contributed by atoms with E-state index in [1.807, 2.05) is 34.3 Å². The number of methoxy groups -OCH3 is 1. The van der Waals surface area contributed by atoms with Crippen molar-refractivity contribution in [1.29, 1.82) is 0 Å². The number of benzene rings is 2. The Balaban J connectivity index is 1.60. The molecule has 0 amide bonds. The van der Waals surface area contributed by atoms with E-state index >= 15 is 0 Å². The number of aromatic hydroxyl groups is 1. The molecule has 4 aromatic rings. The maximum Gasteiger partial charge on any atom is 0.172 e. The van der Waals surface area contributed by atoms with Gasteiger partial charge >= 0.3 is 0 Å². The first-order chi connectivity index (χ1) is 17.8. The molecule has 1 unspecified atom stereocenters. The number of allylic oxidation sites excluding steroid dienone is 1. The average Bonchev–Trinajstić information content (AvgIpc) is 3.55. The van der Waals surface area contributed by atoms with Gasteiger partial charge in [-0.2, -0.15) is 11.3 Å². The van der Waals surface area contributed by atoms with E-state index in [9.17, 15) is 10.2 Å². The first kappa shape index (κ1) is 23.9. The van der Waals surface area contributed by atoms with Gasteiger partial charge in [0.25, 0.3) is 0 Å². The van der Waals surface area contributed by atoms with Crippen molar-refractivity contribution in [2.24, 2.45) is 0 Å². The van der Waals surface area contributed by atoms with E-state index in [-0.39, 0.29) is 11.3 Å². The van der Waals surface area contributed by atoms with Gasteiger partial charge in [0.1, 0.15) is 17.6 Å². The van der Waals surface area contributed by atoms with E-state index in [2.05, 4.69) is 44.3 Å². The fraction of sp³-hybridized carbons (Fsp3) is 0.200. The summed E-state index contributed by atoms with van der Waals surface area (Å²) in [5.41, 5.74) is 7.30. The second-order valence-corrected chi connectivity index (χ2v) is 11.6. The third kappa shape index (κ3) is 3.94. The molecule has 7 heteroatoms. The standard InChI is InChI=1S/C30H27NO4S2/c1-16-14-30(2,3)31-20-6-5-19-26(25(16)20)23(35-22-8-7-21(32)29(34-4)27(19)22)13-24-18(10-12-37-24)28(33)17-9-11-36-15-17/h5-15,28,31-33H,1-4H3/b23-13-. The van der Waals surface area contributed by atoms with Crippen molar-refractivity contribution in [3.8, 4) is 28.4 Å². The summed E-state index contributed by atoms with van der Waals surface area (Å²) in [6.45, 7) is 6.41. The van der Waals surface area contributed by atoms with Crippen LogP contribution in [-0.2, 0) is 0 Å². The van der Waals surface area contributed by atoms with Crippen LogP contribution in [0.3, 0.4) is 0 Å². The lowest BCUT2D eigenvalue weighted by molar-refractivity contribution is 0.221. The lowest BCUT2D eigenvalue weighted by Gasteiger charge is -2.35. The van der Waals surface area contributed by atoms with Crippen LogP contribution in [0.2, 0.25) is 0 Å². The Bertz CT molecular complexity index is 1580. The van der Waals surface area contributed by atoms with Crippen molar-refractivity contribution in [2.75, 3.05) is 12.4 Å². The van der Waals surface area contributed by atoms with Crippen LogP contribution in [-0.4, -0.2) is 22.9 Å². The Morgan fingerprint density at radius 3 is 2.65 bits per heavy atom. The van der Waals surface area contributed by atoms with Gasteiger partial charge in [-0.15, -0.1) is 11.3 Å². The molecule has 6 rings (SSSR count). The third-order valence-electron chi connectivity index (χ3n) is 6.82. The van der Waals surface area contributed by atoms with E-state index in [1.165, 1.54) is 0 Å². The van der Waals surface area contributed by atoms with Crippen LogP contribution < -0.4 is 14.8 Å². The molecule has 0 spiro atoms. The number of phenolic OH excluding ortho intramolecular Hbond substituents is 1. The molecule has 0 radical (unpaired) electrons. The molecule has 1 atom stereocenters. The molecule has 2 aromatic heterocycles. The number of anilines is 1. The molecule has 4 heterocycles. The third-order valence-corrected chi connectivity index (χ3v) is 8.40. The van der Waals surface area contributed by atoms with Gasteiger partial charge in [-0.3, -0.25) is 0 Å². The Hall–Kier alpha value is -3.52. The molecule has 5 nitrogen and oxygen atoms in total. The second-order valence-electron chi connectivity index (χ2n) is 9.89. The monoisotopic (exact) mass is 529 g/mol. The van der Waals surface area contributed by atoms with Crippen molar-refractivity contribution >= 4 is 45.8 Å². The van der Waals surface area contributed by atoms with Crippen LogP contribution in [0.1, 0.15) is 54.0 Å². The predicted molar refractivity (Wildman–Crippen MR) is 153 cm³/mol. The Kier molecular flexibility index (Phi) is 5.67. The molecule has 3 N–H and O–H groups in total. The summed E-state index contributed by atoms with van der Waals surface area (Å²) in [5.74, 6) is 1.73. The first-order valence-corrected chi connectivity index (χ1v) is 13.8. The van der Waals surface area contributed by atoms with Crippen LogP contribution >= 0.6 is 22.7 Å². The van der Waals surface area contributed by atoms with Crippen molar-refractivity contribution in [3.63, 3.8) is 0 Å². The topological polar surface area (TPSA) is 71.0 Å². The zero-order valence-electron chi connectivity index (χ0n) is 21.0. The normalized spacial score (nSPS) is 17.1.